The van der Waals surface area contributed by atoms with Crippen molar-refractivity contribution < 1.29 is 18.3 Å². The molecular formula is C31H40F2N8O2S. The number of halogens is 2. The Morgan fingerprint density at radius 2 is 2.09 bits per heavy atom. The van der Waals surface area contributed by atoms with Gasteiger partial charge in [-0.15, -0.1) is 0 Å². The molecule has 5 rings (SSSR count). The number of hydrogen-bond donors (Lipinski definition) is 2. The van der Waals surface area contributed by atoms with Crippen LogP contribution in [0.25, 0.3) is 11.0 Å². The second-order valence-corrected chi connectivity index (χ2v) is 12.3. The zero-order chi connectivity index (χ0) is 31.2. The Morgan fingerprint density at radius 3 is 2.84 bits per heavy atom. The highest BCUT2D eigenvalue weighted by molar-refractivity contribution is 7.97. The van der Waals surface area contributed by atoms with E-state index in [4.69, 9.17) is 15.2 Å². The van der Waals surface area contributed by atoms with E-state index in [0.29, 0.717) is 41.2 Å². The highest BCUT2D eigenvalue weighted by Crippen LogP contribution is 2.29. The van der Waals surface area contributed by atoms with E-state index in [9.17, 15) is 0 Å². The minimum absolute atomic E-state index is 0.00125. The lowest BCUT2D eigenvalue weighted by Crippen LogP contribution is -2.49. The maximum Gasteiger partial charge on any atom is 0.167 e. The van der Waals surface area contributed by atoms with Crippen molar-refractivity contribution in [3.8, 4) is 5.75 Å². The Kier molecular flexibility index (Phi) is 10.5. The van der Waals surface area contributed by atoms with E-state index in [-0.39, 0.29) is 29.5 Å². The monoisotopic (exact) mass is 626 g/mol. The number of aryl methyl sites for hydroxylation is 1. The SMILES string of the molecule is C=N/C=C(/F)C(=NCNc1ccc(N)c(OCN2CN(C3CCOCC3)CCS2)c1)c1cc(F)c2nc(C)n(C(C)C)c2c1. The molecule has 1 aromatic heterocycles. The Bertz CT molecular complexity index is 1540. The van der Waals surface area contributed by atoms with Gasteiger partial charge in [0.25, 0.3) is 0 Å². The first-order valence-corrected chi connectivity index (χ1v) is 15.7. The molecule has 0 unspecified atom stereocenters. The molecule has 0 amide bonds. The fourth-order valence-electron chi connectivity index (χ4n) is 5.65. The first-order valence-electron chi connectivity index (χ1n) is 14.8. The average molecular weight is 627 g/mol. The van der Waals surface area contributed by atoms with Crippen molar-refractivity contribution in [2.45, 2.75) is 45.7 Å². The fourth-order valence-corrected chi connectivity index (χ4v) is 6.58. The van der Waals surface area contributed by atoms with Crippen LogP contribution in [-0.4, -0.2) is 82.8 Å². The summed E-state index contributed by atoms with van der Waals surface area (Å²) in [4.78, 5) is 14.9. The summed E-state index contributed by atoms with van der Waals surface area (Å²) >= 11 is 1.76. The van der Waals surface area contributed by atoms with Gasteiger partial charge in [0.15, 0.2) is 18.4 Å². The van der Waals surface area contributed by atoms with Gasteiger partial charge in [-0.05, 0) is 64.6 Å². The second-order valence-electron chi connectivity index (χ2n) is 11.1. The summed E-state index contributed by atoms with van der Waals surface area (Å²) in [5.74, 6) is 0.925. The Labute approximate surface area is 261 Å². The molecule has 2 aliphatic heterocycles. The Hall–Kier alpha value is -3.52. The minimum atomic E-state index is -0.733. The van der Waals surface area contributed by atoms with Crippen LogP contribution in [0.15, 0.2) is 52.3 Å². The van der Waals surface area contributed by atoms with Crippen molar-refractivity contribution in [3.63, 3.8) is 0 Å². The fraction of sp³-hybridized carbons (Fsp3) is 0.452. The van der Waals surface area contributed by atoms with E-state index >= 15 is 8.78 Å². The van der Waals surface area contributed by atoms with Gasteiger partial charge >= 0.3 is 0 Å². The number of benzene rings is 2. The van der Waals surface area contributed by atoms with E-state index in [1.54, 1.807) is 36.2 Å². The number of fused-ring (bicyclic) bond motifs is 1. The third-order valence-electron chi connectivity index (χ3n) is 7.74. The summed E-state index contributed by atoms with van der Waals surface area (Å²) in [5.41, 5.74) is 8.44. The highest BCUT2D eigenvalue weighted by Gasteiger charge is 2.27. The Balaban J connectivity index is 1.29. The minimum Gasteiger partial charge on any atom is -0.475 e. The molecular weight excluding hydrogens is 586 g/mol. The molecule has 3 aromatic rings. The summed E-state index contributed by atoms with van der Waals surface area (Å²) in [7, 11) is 0. The molecule has 2 saturated heterocycles. The van der Waals surface area contributed by atoms with E-state index in [2.05, 4.69) is 36.2 Å². The van der Waals surface area contributed by atoms with Crippen LogP contribution >= 0.6 is 11.9 Å². The number of anilines is 2. The molecule has 0 aliphatic carbocycles. The number of nitrogens with two attached hydrogens (primary N) is 1. The molecule has 3 heterocycles. The van der Waals surface area contributed by atoms with Gasteiger partial charge in [0.1, 0.15) is 29.5 Å². The van der Waals surface area contributed by atoms with Crippen LogP contribution in [0.2, 0.25) is 0 Å². The van der Waals surface area contributed by atoms with Crippen molar-refractivity contribution in [2.24, 2.45) is 9.98 Å². The molecule has 2 fully saturated rings. The first-order chi connectivity index (χ1) is 21.2. The molecule has 0 bridgehead atoms. The van der Waals surface area contributed by atoms with Gasteiger partial charge in [0, 0.05) is 54.9 Å². The van der Waals surface area contributed by atoms with Crippen LogP contribution in [-0.2, 0) is 4.74 Å². The van der Waals surface area contributed by atoms with Crippen molar-refractivity contribution in [2.75, 3.05) is 56.6 Å². The number of rotatable bonds is 11. The molecule has 2 aliphatic rings. The van der Waals surface area contributed by atoms with E-state index in [0.717, 1.165) is 51.2 Å². The number of aliphatic imine (C=N–C) groups is 2. The van der Waals surface area contributed by atoms with Gasteiger partial charge < -0.3 is 25.1 Å². The predicted octanol–water partition coefficient (Wildman–Crippen LogP) is 5.76. The second kappa shape index (κ2) is 14.5. The number of nitrogen functional groups attached to an aromatic ring is 1. The lowest BCUT2D eigenvalue weighted by Gasteiger charge is -2.40. The molecule has 0 spiro atoms. The average Bonchev–Trinajstić information content (AvgIpc) is 3.36. The molecule has 44 heavy (non-hydrogen) atoms. The number of hydrogen-bond acceptors (Lipinski definition) is 10. The summed E-state index contributed by atoms with van der Waals surface area (Å²) in [6.07, 6.45) is 3.07. The molecule has 0 saturated carbocycles. The number of imidazole rings is 1. The maximum absolute atomic E-state index is 15.2. The number of ether oxygens (including phenoxy) is 2. The number of nitrogens with zero attached hydrogens (tertiary/aromatic N) is 6. The molecule has 3 N–H and O–H groups in total. The quantitative estimate of drug-likeness (QED) is 0.157. The topological polar surface area (TPSA) is 106 Å². The predicted molar refractivity (Wildman–Crippen MR) is 175 cm³/mol. The van der Waals surface area contributed by atoms with Crippen LogP contribution in [0.4, 0.5) is 20.2 Å². The van der Waals surface area contributed by atoms with Gasteiger partial charge in [0.2, 0.25) is 0 Å². The molecule has 13 heteroatoms. The number of nitrogens with one attached hydrogen (secondary N) is 1. The Morgan fingerprint density at radius 1 is 1.30 bits per heavy atom. The van der Waals surface area contributed by atoms with Crippen molar-refractivity contribution in [3.05, 3.63) is 59.6 Å². The number of aromatic nitrogens is 2. The molecule has 0 radical (unpaired) electrons. The largest absolute Gasteiger partial charge is 0.475 e. The van der Waals surface area contributed by atoms with Crippen LogP contribution in [0, 0.1) is 12.7 Å². The van der Waals surface area contributed by atoms with Crippen LogP contribution < -0.4 is 15.8 Å². The van der Waals surface area contributed by atoms with Gasteiger partial charge in [-0.25, -0.2) is 18.1 Å². The summed E-state index contributed by atoms with van der Waals surface area (Å²) in [5, 5.41) is 3.17. The summed E-state index contributed by atoms with van der Waals surface area (Å²) in [6.45, 7) is 13.0. The highest BCUT2D eigenvalue weighted by atomic mass is 32.2. The zero-order valence-corrected chi connectivity index (χ0v) is 26.2. The van der Waals surface area contributed by atoms with Crippen LogP contribution in [0.3, 0.4) is 0 Å². The van der Waals surface area contributed by atoms with Gasteiger partial charge in [-0.2, -0.15) is 0 Å². The normalized spacial score (nSPS) is 17.9. The van der Waals surface area contributed by atoms with Crippen molar-refractivity contribution in [1.29, 1.82) is 0 Å². The molecule has 0 atom stereocenters. The lowest BCUT2D eigenvalue weighted by molar-refractivity contribution is 0.0159. The van der Waals surface area contributed by atoms with E-state index < -0.39 is 11.6 Å². The van der Waals surface area contributed by atoms with Crippen LogP contribution in [0.1, 0.15) is 44.1 Å². The van der Waals surface area contributed by atoms with Crippen molar-refractivity contribution in [1.82, 2.24) is 18.8 Å². The van der Waals surface area contributed by atoms with Gasteiger partial charge in [-0.1, -0.05) is 11.9 Å². The summed E-state index contributed by atoms with van der Waals surface area (Å²) in [6, 6.07) is 8.86. The zero-order valence-electron chi connectivity index (χ0n) is 25.4. The summed E-state index contributed by atoms with van der Waals surface area (Å²) < 4.78 is 46.1. The van der Waals surface area contributed by atoms with Crippen LogP contribution in [0.5, 0.6) is 5.75 Å². The van der Waals surface area contributed by atoms with Gasteiger partial charge in [-0.3, -0.25) is 14.9 Å². The smallest absolute Gasteiger partial charge is 0.167 e. The van der Waals surface area contributed by atoms with E-state index in [1.807, 2.05) is 25.3 Å². The molecule has 236 valence electrons. The van der Waals surface area contributed by atoms with E-state index in [1.165, 1.54) is 6.07 Å². The molecule has 2 aromatic carbocycles. The number of allylic oxidation sites excluding steroid dienone is 1. The van der Waals surface area contributed by atoms with Crippen molar-refractivity contribution >= 4 is 46.8 Å². The third kappa shape index (κ3) is 7.40. The maximum atomic E-state index is 15.2. The third-order valence-corrected chi connectivity index (χ3v) is 8.69. The molecule has 10 nitrogen and oxygen atoms in total. The van der Waals surface area contributed by atoms with Gasteiger partial charge in [0.05, 0.1) is 24.1 Å². The lowest BCUT2D eigenvalue weighted by atomic mass is 10.1. The standard InChI is InChI=1S/C31H40F2N8O2S/c1-20(2)41-21(3)38-31-25(32)13-22(14-28(31)41)30(26(33)16-35-4)37-17-36-23-5-6-27(34)29(15-23)43-19-40-18-39(9-12-44-40)24-7-10-42-11-8-24/h5-6,13-16,20,24,36H,4,7-12,17-19,34H2,1-3H3/b26-16+,37-30?. The first kappa shape index (κ1) is 31.9.